The summed E-state index contributed by atoms with van der Waals surface area (Å²) in [6.07, 6.45) is 1.93. The fraction of sp³-hybridized carbons (Fsp3) is 0.381. The van der Waals surface area contributed by atoms with Crippen LogP contribution in [0.5, 0.6) is 11.5 Å². The number of anilines is 1. The minimum atomic E-state index is -3.83. The van der Waals surface area contributed by atoms with Crippen LogP contribution in [0.1, 0.15) is 37.0 Å². The zero-order valence-electron chi connectivity index (χ0n) is 17.1. The van der Waals surface area contributed by atoms with E-state index in [1.807, 2.05) is 30.1 Å². The van der Waals surface area contributed by atoms with Crippen molar-refractivity contribution in [2.75, 3.05) is 32.6 Å². The number of para-hydroxylation sites is 1. The van der Waals surface area contributed by atoms with Crippen LogP contribution in [0.3, 0.4) is 0 Å². The first-order valence-corrected chi connectivity index (χ1v) is 10.7. The van der Waals surface area contributed by atoms with Crippen LogP contribution in [-0.4, -0.2) is 46.2 Å². The number of carbonyl (C=O) groups is 1. The molecule has 2 aromatic carbocycles. The molecule has 0 fully saturated rings. The van der Waals surface area contributed by atoms with Crippen molar-refractivity contribution >= 4 is 21.5 Å². The van der Waals surface area contributed by atoms with Gasteiger partial charge in [-0.05, 0) is 37.6 Å². The lowest BCUT2D eigenvalue weighted by Gasteiger charge is -2.25. The summed E-state index contributed by atoms with van der Waals surface area (Å²) >= 11 is 0. The van der Waals surface area contributed by atoms with E-state index in [9.17, 15) is 13.2 Å². The fourth-order valence-corrected chi connectivity index (χ4v) is 3.74. The van der Waals surface area contributed by atoms with E-state index in [1.165, 1.54) is 27.1 Å². The van der Waals surface area contributed by atoms with E-state index in [-0.39, 0.29) is 16.4 Å². The van der Waals surface area contributed by atoms with Gasteiger partial charge in [-0.15, -0.1) is 0 Å². The fourth-order valence-electron chi connectivity index (χ4n) is 2.69. The Morgan fingerprint density at radius 1 is 1.07 bits per heavy atom. The number of hydrogen-bond donors (Lipinski definition) is 0. The molecule has 0 aliphatic rings. The van der Waals surface area contributed by atoms with E-state index in [2.05, 4.69) is 6.92 Å². The van der Waals surface area contributed by atoms with Gasteiger partial charge in [0.1, 0.15) is 10.6 Å². The molecule has 0 aliphatic carbocycles. The van der Waals surface area contributed by atoms with Gasteiger partial charge in [-0.3, -0.25) is 4.79 Å². The van der Waals surface area contributed by atoms with Crippen molar-refractivity contribution in [3.8, 4) is 11.5 Å². The number of ketones is 1. The highest BCUT2D eigenvalue weighted by atomic mass is 32.2. The zero-order valence-corrected chi connectivity index (χ0v) is 17.9. The van der Waals surface area contributed by atoms with E-state index in [1.54, 1.807) is 18.2 Å². The monoisotopic (exact) mass is 404 g/mol. The van der Waals surface area contributed by atoms with E-state index >= 15 is 0 Å². The molecule has 0 N–H and O–H groups in total. The first-order chi connectivity index (χ1) is 13.2. The van der Waals surface area contributed by atoms with Crippen molar-refractivity contribution in [2.24, 2.45) is 0 Å². The van der Waals surface area contributed by atoms with Crippen LogP contribution in [0.15, 0.2) is 47.4 Å². The third-order valence-electron chi connectivity index (χ3n) is 4.42. The van der Waals surface area contributed by atoms with Gasteiger partial charge in [0, 0.05) is 33.3 Å². The van der Waals surface area contributed by atoms with Crippen molar-refractivity contribution in [3.05, 3.63) is 48.0 Å². The van der Waals surface area contributed by atoms with Gasteiger partial charge in [0.25, 0.3) is 0 Å². The van der Waals surface area contributed by atoms with Crippen molar-refractivity contribution < 1.29 is 17.9 Å². The highest BCUT2D eigenvalue weighted by Gasteiger charge is 2.28. The molecule has 0 heterocycles. The second-order valence-corrected chi connectivity index (χ2v) is 8.98. The SMILES string of the molecule is CCCCN(C)c1cc(C(C)=O)cc(S(=O)(=O)N(C)C)c1Oc1ccccc1. The van der Waals surface area contributed by atoms with Gasteiger partial charge in [-0.2, -0.15) is 0 Å². The van der Waals surface area contributed by atoms with Crippen LogP contribution in [0.4, 0.5) is 5.69 Å². The van der Waals surface area contributed by atoms with Crippen LogP contribution < -0.4 is 9.64 Å². The van der Waals surface area contributed by atoms with Crippen molar-refractivity contribution in [3.63, 3.8) is 0 Å². The Hall–Kier alpha value is -2.38. The summed E-state index contributed by atoms with van der Waals surface area (Å²) in [6.45, 7) is 4.22. The molecule has 0 unspecified atom stereocenters. The van der Waals surface area contributed by atoms with Crippen LogP contribution in [0.2, 0.25) is 0 Å². The molecule has 0 spiro atoms. The lowest BCUT2D eigenvalue weighted by atomic mass is 10.1. The summed E-state index contributed by atoms with van der Waals surface area (Å²) in [5, 5.41) is 0. The van der Waals surface area contributed by atoms with Gasteiger partial charge in [0.2, 0.25) is 10.0 Å². The Balaban J connectivity index is 2.75. The second-order valence-electron chi connectivity index (χ2n) is 6.86. The quantitative estimate of drug-likeness (QED) is 0.587. The Bertz CT molecular complexity index is 925. The summed E-state index contributed by atoms with van der Waals surface area (Å²) in [5.41, 5.74) is 0.907. The molecule has 6 nitrogen and oxygen atoms in total. The zero-order chi connectivity index (χ0) is 20.9. The van der Waals surface area contributed by atoms with Gasteiger partial charge in [-0.1, -0.05) is 31.5 Å². The number of hydrogen-bond acceptors (Lipinski definition) is 5. The lowest BCUT2D eigenvalue weighted by Crippen LogP contribution is -2.25. The first kappa shape index (κ1) is 21.9. The minimum absolute atomic E-state index is 0.0209. The summed E-state index contributed by atoms with van der Waals surface area (Å²) in [4.78, 5) is 14.0. The molecule has 152 valence electrons. The number of rotatable bonds is 9. The van der Waals surface area contributed by atoms with Gasteiger partial charge in [0.05, 0.1) is 5.69 Å². The van der Waals surface area contributed by atoms with Crippen LogP contribution in [0.25, 0.3) is 0 Å². The maximum Gasteiger partial charge on any atom is 0.246 e. The molecule has 0 aromatic heterocycles. The second kappa shape index (κ2) is 9.21. The number of sulfonamides is 1. The van der Waals surface area contributed by atoms with Crippen LogP contribution in [0, 0.1) is 0 Å². The Morgan fingerprint density at radius 3 is 2.25 bits per heavy atom. The lowest BCUT2D eigenvalue weighted by molar-refractivity contribution is 0.101. The summed E-state index contributed by atoms with van der Waals surface area (Å²) in [5.74, 6) is 0.550. The average molecular weight is 405 g/mol. The third kappa shape index (κ3) is 4.91. The largest absolute Gasteiger partial charge is 0.454 e. The normalized spacial score (nSPS) is 11.5. The molecule has 28 heavy (non-hydrogen) atoms. The van der Waals surface area contributed by atoms with Gasteiger partial charge in [-0.25, -0.2) is 12.7 Å². The predicted octanol–water partition coefficient (Wildman–Crippen LogP) is 4.17. The van der Waals surface area contributed by atoms with Gasteiger partial charge < -0.3 is 9.64 Å². The van der Waals surface area contributed by atoms with E-state index in [0.29, 0.717) is 23.5 Å². The minimum Gasteiger partial charge on any atom is -0.454 e. The molecule has 0 saturated heterocycles. The van der Waals surface area contributed by atoms with E-state index in [0.717, 1.165) is 17.1 Å². The molecule has 2 aromatic rings. The molecule has 0 saturated carbocycles. The standard InChI is InChI=1S/C21H28N2O4S/c1-6-7-13-23(5)19-14-17(16(2)24)15-20(28(25,26)22(3)4)21(19)27-18-11-9-8-10-12-18/h8-12,14-15H,6-7,13H2,1-5H3. The summed E-state index contributed by atoms with van der Waals surface area (Å²) < 4.78 is 33.2. The highest BCUT2D eigenvalue weighted by Crippen LogP contribution is 2.40. The molecular formula is C21H28N2O4S. The number of nitrogens with zero attached hydrogens (tertiary/aromatic N) is 2. The molecule has 2 rings (SSSR count). The highest BCUT2D eigenvalue weighted by molar-refractivity contribution is 7.89. The van der Waals surface area contributed by atoms with E-state index in [4.69, 9.17) is 4.74 Å². The number of carbonyl (C=O) groups excluding carboxylic acids is 1. The Kier molecular flexibility index (Phi) is 7.21. The maximum absolute atomic E-state index is 13.0. The number of unbranched alkanes of at least 4 members (excludes halogenated alkanes) is 1. The first-order valence-electron chi connectivity index (χ1n) is 9.24. The third-order valence-corrected chi connectivity index (χ3v) is 6.24. The summed E-state index contributed by atoms with van der Waals surface area (Å²) in [7, 11) is 0.965. The molecule has 0 atom stereocenters. The van der Waals surface area contributed by atoms with Crippen molar-refractivity contribution in [2.45, 2.75) is 31.6 Å². The molecule has 7 heteroatoms. The smallest absolute Gasteiger partial charge is 0.246 e. The van der Waals surface area contributed by atoms with Crippen molar-refractivity contribution in [1.82, 2.24) is 4.31 Å². The maximum atomic E-state index is 13.0. The van der Waals surface area contributed by atoms with Crippen LogP contribution >= 0.6 is 0 Å². The molecule has 0 aliphatic heterocycles. The van der Waals surface area contributed by atoms with Crippen molar-refractivity contribution in [1.29, 1.82) is 0 Å². The molecule has 0 radical (unpaired) electrons. The number of ether oxygens (including phenoxy) is 1. The molecule has 0 amide bonds. The number of benzene rings is 2. The van der Waals surface area contributed by atoms with Gasteiger partial charge in [0.15, 0.2) is 11.5 Å². The topological polar surface area (TPSA) is 66.9 Å². The molecular weight excluding hydrogens is 376 g/mol. The average Bonchev–Trinajstić information content (AvgIpc) is 2.66. The van der Waals surface area contributed by atoms with E-state index < -0.39 is 10.0 Å². The van der Waals surface area contributed by atoms with Gasteiger partial charge >= 0.3 is 0 Å². The number of Topliss-reactive ketones (excluding diaryl/α,β-unsaturated/α-hetero) is 1. The molecule has 0 bridgehead atoms. The summed E-state index contributed by atoms with van der Waals surface area (Å²) in [6, 6.07) is 12.1. The van der Waals surface area contributed by atoms with Crippen LogP contribution in [-0.2, 0) is 10.0 Å². The Morgan fingerprint density at radius 2 is 1.71 bits per heavy atom. The predicted molar refractivity (Wildman–Crippen MR) is 112 cm³/mol. The Labute approximate surface area is 167 Å².